The first-order valence-electron chi connectivity index (χ1n) is 10.3. The van der Waals surface area contributed by atoms with Crippen molar-refractivity contribution < 1.29 is 14.6 Å². The lowest BCUT2D eigenvalue weighted by molar-refractivity contribution is 0.0599. The molecule has 0 heterocycles. The molecule has 0 saturated heterocycles. The largest absolute Gasteiger partial charge is 0.465 e. The summed E-state index contributed by atoms with van der Waals surface area (Å²) in [5.74, 6) is -0.335. The number of carbonyl (C=O) groups excluding carboxylic acids is 1. The smallest absolute Gasteiger partial charge is 0.337 e. The van der Waals surface area contributed by atoms with Crippen LogP contribution in [0.3, 0.4) is 0 Å². The number of aliphatic hydroxyl groups excluding tert-OH is 1. The number of ether oxygens (including phenoxy) is 1. The van der Waals surface area contributed by atoms with Crippen molar-refractivity contribution in [1.29, 1.82) is 0 Å². The van der Waals surface area contributed by atoms with E-state index in [0.29, 0.717) is 12.0 Å². The van der Waals surface area contributed by atoms with Gasteiger partial charge >= 0.3 is 5.97 Å². The Balaban J connectivity index is 1.55. The molecule has 2 unspecified atom stereocenters. The molecule has 30 heavy (non-hydrogen) atoms. The number of rotatable bonds is 4. The van der Waals surface area contributed by atoms with Crippen LogP contribution in [-0.2, 0) is 24.0 Å². The summed E-state index contributed by atoms with van der Waals surface area (Å²) in [7, 11) is 1.39. The molecule has 0 spiro atoms. The Kier molecular flexibility index (Phi) is 4.56. The van der Waals surface area contributed by atoms with Crippen LogP contribution in [0.15, 0.2) is 78.4 Å². The van der Waals surface area contributed by atoms with Gasteiger partial charge in [-0.15, -0.1) is 0 Å². The molecule has 0 amide bonds. The fourth-order valence-corrected chi connectivity index (χ4v) is 5.10. The fraction of sp³-hybridized carbons (Fsp3) is 0.222. The van der Waals surface area contributed by atoms with E-state index in [1.165, 1.54) is 29.4 Å². The molecule has 0 bridgehead atoms. The second-order valence-electron chi connectivity index (χ2n) is 8.34. The van der Waals surface area contributed by atoms with E-state index in [2.05, 4.69) is 36.4 Å². The Labute approximate surface area is 176 Å². The lowest BCUT2D eigenvalue weighted by Gasteiger charge is -2.35. The molecule has 2 aliphatic carbocycles. The number of fused-ring (bicyclic) bond motifs is 2. The molecule has 2 aliphatic rings. The van der Waals surface area contributed by atoms with Crippen LogP contribution in [0.25, 0.3) is 6.08 Å². The van der Waals surface area contributed by atoms with E-state index in [1.54, 1.807) is 12.1 Å². The maximum atomic E-state index is 11.8. The maximum Gasteiger partial charge on any atom is 0.337 e. The molecule has 0 fully saturated rings. The number of carbonyl (C=O) groups is 1. The topological polar surface area (TPSA) is 46.5 Å². The number of hydrogen-bond donors (Lipinski definition) is 1. The highest BCUT2D eigenvalue weighted by molar-refractivity contribution is 5.89. The van der Waals surface area contributed by atoms with Gasteiger partial charge in [0, 0.05) is 5.41 Å². The summed E-state index contributed by atoms with van der Waals surface area (Å²) in [4.78, 5) is 11.8. The van der Waals surface area contributed by atoms with Crippen LogP contribution in [0.2, 0.25) is 0 Å². The monoisotopic (exact) mass is 396 g/mol. The molecule has 3 aromatic rings. The minimum Gasteiger partial charge on any atom is -0.465 e. The Bertz CT molecular complexity index is 1140. The van der Waals surface area contributed by atoms with E-state index in [9.17, 15) is 9.90 Å². The maximum absolute atomic E-state index is 11.8. The van der Waals surface area contributed by atoms with Gasteiger partial charge in [0.1, 0.15) is 0 Å². The van der Waals surface area contributed by atoms with Gasteiger partial charge in [0.2, 0.25) is 0 Å². The molecule has 0 aromatic heterocycles. The first-order chi connectivity index (χ1) is 14.6. The number of aliphatic hydroxyl groups is 1. The molecular formula is C27H24O3. The summed E-state index contributed by atoms with van der Waals surface area (Å²) in [6.07, 6.45) is 4.09. The highest BCUT2D eigenvalue weighted by atomic mass is 16.5. The van der Waals surface area contributed by atoms with E-state index in [0.717, 1.165) is 24.0 Å². The Morgan fingerprint density at radius 1 is 1.00 bits per heavy atom. The van der Waals surface area contributed by atoms with Gasteiger partial charge in [-0.05, 0) is 59.2 Å². The van der Waals surface area contributed by atoms with E-state index < -0.39 is 11.5 Å². The first-order valence-corrected chi connectivity index (χ1v) is 10.3. The Morgan fingerprint density at radius 3 is 2.40 bits per heavy atom. The summed E-state index contributed by atoms with van der Waals surface area (Å²) in [5.41, 5.74) is 7.34. The third-order valence-electron chi connectivity index (χ3n) is 6.68. The number of hydrogen-bond acceptors (Lipinski definition) is 3. The van der Waals surface area contributed by atoms with Crippen LogP contribution < -0.4 is 0 Å². The van der Waals surface area contributed by atoms with Crippen LogP contribution in [0.5, 0.6) is 0 Å². The van der Waals surface area contributed by atoms with Crippen LogP contribution in [0.1, 0.15) is 44.3 Å². The highest BCUT2D eigenvalue weighted by Gasteiger charge is 2.48. The fourth-order valence-electron chi connectivity index (χ4n) is 5.10. The zero-order valence-electron chi connectivity index (χ0n) is 17.0. The molecule has 1 N–H and O–H groups in total. The van der Waals surface area contributed by atoms with Crippen LogP contribution in [0, 0.1) is 5.41 Å². The van der Waals surface area contributed by atoms with E-state index in [4.69, 9.17) is 4.74 Å². The summed E-state index contributed by atoms with van der Waals surface area (Å²) < 4.78 is 4.82. The zero-order valence-corrected chi connectivity index (χ0v) is 17.0. The quantitative estimate of drug-likeness (QED) is 0.636. The predicted octanol–water partition coefficient (Wildman–Crippen LogP) is 4.93. The van der Waals surface area contributed by atoms with Crippen molar-refractivity contribution in [2.75, 3.05) is 7.11 Å². The second-order valence-corrected chi connectivity index (χ2v) is 8.34. The summed E-state index contributed by atoms with van der Waals surface area (Å²) in [5, 5.41) is 11.6. The van der Waals surface area contributed by atoms with Crippen molar-refractivity contribution in [3.8, 4) is 0 Å². The van der Waals surface area contributed by atoms with Crippen molar-refractivity contribution in [1.82, 2.24) is 0 Å². The average Bonchev–Trinajstić information content (AvgIpc) is 3.34. The number of benzene rings is 3. The molecule has 3 aromatic carbocycles. The molecule has 0 aliphatic heterocycles. The van der Waals surface area contributed by atoms with Gasteiger partial charge in [0.05, 0.1) is 18.8 Å². The van der Waals surface area contributed by atoms with Gasteiger partial charge in [-0.3, -0.25) is 0 Å². The van der Waals surface area contributed by atoms with Crippen molar-refractivity contribution in [3.63, 3.8) is 0 Å². The van der Waals surface area contributed by atoms with E-state index >= 15 is 0 Å². The second kappa shape index (κ2) is 7.26. The number of methoxy groups -OCH3 is 1. The molecule has 0 radical (unpaired) electrons. The van der Waals surface area contributed by atoms with Gasteiger partial charge in [0.25, 0.3) is 0 Å². The van der Waals surface area contributed by atoms with Crippen molar-refractivity contribution in [3.05, 3.63) is 112 Å². The summed E-state index contributed by atoms with van der Waals surface area (Å²) >= 11 is 0. The third kappa shape index (κ3) is 2.98. The molecular weight excluding hydrogens is 372 g/mol. The third-order valence-corrected chi connectivity index (χ3v) is 6.68. The summed E-state index contributed by atoms with van der Waals surface area (Å²) in [6, 6.07) is 24.3. The molecule has 5 rings (SSSR count). The predicted molar refractivity (Wildman–Crippen MR) is 117 cm³/mol. The summed E-state index contributed by atoms with van der Waals surface area (Å²) in [6.45, 7) is 0. The van der Waals surface area contributed by atoms with Crippen molar-refractivity contribution in [2.24, 2.45) is 5.41 Å². The van der Waals surface area contributed by atoms with Crippen LogP contribution in [-0.4, -0.2) is 18.2 Å². The molecule has 2 atom stereocenters. The van der Waals surface area contributed by atoms with Crippen LogP contribution in [0.4, 0.5) is 0 Å². The van der Waals surface area contributed by atoms with Gasteiger partial charge in [-0.2, -0.15) is 0 Å². The number of esters is 1. The Morgan fingerprint density at radius 2 is 1.70 bits per heavy atom. The SMILES string of the molecule is COC(=O)c1ccc(CC2(C3=Cc4ccccc4C3)Cc3ccccc3C2O)cc1. The minimum atomic E-state index is -0.561. The molecule has 3 heteroatoms. The lowest BCUT2D eigenvalue weighted by atomic mass is 9.70. The normalized spacial score (nSPS) is 21.7. The molecule has 150 valence electrons. The lowest BCUT2D eigenvalue weighted by Crippen LogP contribution is -2.31. The average molecular weight is 396 g/mol. The van der Waals surface area contributed by atoms with Gasteiger partial charge in [-0.25, -0.2) is 4.79 Å². The molecule has 0 saturated carbocycles. The zero-order chi connectivity index (χ0) is 20.7. The van der Waals surface area contributed by atoms with Gasteiger partial charge < -0.3 is 9.84 Å². The first kappa shape index (κ1) is 18.8. The Hall–Kier alpha value is -3.17. The van der Waals surface area contributed by atoms with Gasteiger partial charge in [0.15, 0.2) is 0 Å². The minimum absolute atomic E-state index is 0.335. The van der Waals surface area contributed by atoms with Crippen LogP contribution >= 0.6 is 0 Å². The van der Waals surface area contributed by atoms with Crippen molar-refractivity contribution in [2.45, 2.75) is 25.4 Å². The van der Waals surface area contributed by atoms with E-state index in [1.807, 2.05) is 30.3 Å². The van der Waals surface area contributed by atoms with Crippen molar-refractivity contribution >= 4 is 12.0 Å². The standard InChI is InChI=1S/C27H24O3/c1-30-26(29)19-12-10-18(11-13-19)16-27(17-22-8-4-5-9-24(22)25(27)28)23-14-20-6-2-3-7-21(20)15-23/h2-14,25,28H,15-17H2,1H3. The highest BCUT2D eigenvalue weighted by Crippen LogP contribution is 2.54. The van der Waals surface area contributed by atoms with Gasteiger partial charge in [-0.1, -0.05) is 72.3 Å². The van der Waals surface area contributed by atoms with E-state index in [-0.39, 0.29) is 5.97 Å². The molecule has 3 nitrogen and oxygen atoms in total.